The maximum absolute atomic E-state index is 15.3. The molecular formula is C29H19F2N7O. The van der Waals surface area contributed by atoms with Crippen LogP contribution in [-0.4, -0.2) is 33.9 Å². The Hall–Kier alpha value is -5.38. The van der Waals surface area contributed by atoms with Crippen molar-refractivity contribution in [2.24, 2.45) is 0 Å². The summed E-state index contributed by atoms with van der Waals surface area (Å²) in [7, 11) is 0. The number of hydrogen-bond donors (Lipinski definition) is 0. The SMILES string of the molecule is O=c1c2cn(Cc3ccc(-n4cccn4)cc3)c3c(F)ccc(F)c3c-2nn1-c1ccccc1-n1cccn1. The van der Waals surface area contributed by atoms with Crippen LogP contribution in [0, 0.1) is 11.6 Å². The molecule has 3 aromatic carbocycles. The topological polar surface area (TPSA) is 75.5 Å². The number of benzene rings is 3. The zero-order chi connectivity index (χ0) is 26.5. The van der Waals surface area contributed by atoms with Gasteiger partial charge in [0.15, 0.2) is 0 Å². The van der Waals surface area contributed by atoms with Crippen LogP contribution < -0.4 is 5.56 Å². The van der Waals surface area contributed by atoms with Gasteiger partial charge >= 0.3 is 0 Å². The van der Waals surface area contributed by atoms with Crippen LogP contribution in [-0.2, 0) is 6.54 Å². The monoisotopic (exact) mass is 519 g/mol. The average Bonchev–Trinajstić information content (AvgIpc) is 3.74. The Morgan fingerprint density at radius 2 is 1.44 bits per heavy atom. The first-order valence-electron chi connectivity index (χ1n) is 12.2. The third-order valence-corrected chi connectivity index (χ3v) is 6.68. The van der Waals surface area contributed by atoms with Crippen LogP contribution in [0.25, 0.3) is 39.2 Å². The molecule has 0 spiro atoms. The van der Waals surface area contributed by atoms with Gasteiger partial charge < -0.3 is 4.57 Å². The minimum atomic E-state index is -0.662. The van der Waals surface area contributed by atoms with E-state index in [0.29, 0.717) is 11.4 Å². The molecular weight excluding hydrogens is 500 g/mol. The van der Waals surface area contributed by atoms with E-state index in [1.807, 2.05) is 42.6 Å². The number of rotatable bonds is 5. The molecule has 2 aliphatic heterocycles. The molecule has 0 atom stereocenters. The van der Waals surface area contributed by atoms with E-state index in [0.717, 1.165) is 23.4 Å². The fourth-order valence-electron chi connectivity index (χ4n) is 4.89. The Labute approximate surface area is 219 Å². The van der Waals surface area contributed by atoms with Crippen LogP contribution in [0.4, 0.5) is 8.78 Å². The Morgan fingerprint density at radius 1 is 0.744 bits per heavy atom. The van der Waals surface area contributed by atoms with Crippen LogP contribution in [0.3, 0.4) is 0 Å². The zero-order valence-electron chi connectivity index (χ0n) is 20.3. The Bertz CT molecular complexity index is 1970. The van der Waals surface area contributed by atoms with Gasteiger partial charge in [0, 0.05) is 37.5 Å². The number of fused-ring (bicyclic) bond motifs is 3. The van der Waals surface area contributed by atoms with Crippen molar-refractivity contribution in [2.45, 2.75) is 6.54 Å². The van der Waals surface area contributed by atoms with Gasteiger partial charge in [0.25, 0.3) is 5.56 Å². The predicted molar refractivity (Wildman–Crippen MR) is 142 cm³/mol. The smallest absolute Gasteiger partial charge is 0.282 e. The summed E-state index contributed by atoms with van der Waals surface area (Å²) in [4.78, 5) is 13.7. The number of pyridine rings is 1. The van der Waals surface area contributed by atoms with Crippen molar-refractivity contribution >= 4 is 10.9 Å². The van der Waals surface area contributed by atoms with E-state index in [1.54, 1.807) is 63.0 Å². The average molecular weight is 520 g/mol. The minimum absolute atomic E-state index is 0.0312. The van der Waals surface area contributed by atoms with Crippen molar-refractivity contribution in [1.29, 1.82) is 0 Å². The molecule has 8 nitrogen and oxygen atoms in total. The maximum atomic E-state index is 15.3. The summed E-state index contributed by atoms with van der Waals surface area (Å²) in [5, 5.41) is 13.0. The fraction of sp³-hybridized carbons (Fsp3) is 0.0345. The summed E-state index contributed by atoms with van der Waals surface area (Å²) >= 11 is 0. The van der Waals surface area contributed by atoms with Crippen molar-refractivity contribution in [2.75, 3.05) is 0 Å². The number of hydrogen-bond acceptors (Lipinski definition) is 4. The molecule has 0 radical (unpaired) electrons. The van der Waals surface area contributed by atoms with E-state index in [9.17, 15) is 4.79 Å². The lowest BCUT2D eigenvalue weighted by Gasteiger charge is -2.15. The molecule has 0 fully saturated rings. The largest absolute Gasteiger partial charge is 0.340 e. The Balaban J connectivity index is 1.42. The van der Waals surface area contributed by atoms with Gasteiger partial charge in [-0.2, -0.15) is 20.0 Å². The first-order valence-corrected chi connectivity index (χ1v) is 12.2. The second-order valence-corrected chi connectivity index (χ2v) is 9.05. The summed E-state index contributed by atoms with van der Waals surface area (Å²) in [6, 6.07) is 20.4. The van der Waals surface area contributed by atoms with Gasteiger partial charge in [0.05, 0.1) is 33.5 Å². The van der Waals surface area contributed by atoms with Crippen molar-refractivity contribution < 1.29 is 8.78 Å². The quantitative estimate of drug-likeness (QED) is 0.321. The van der Waals surface area contributed by atoms with Crippen LogP contribution >= 0.6 is 0 Å². The molecule has 0 saturated heterocycles. The Kier molecular flexibility index (Phi) is 5.19. The van der Waals surface area contributed by atoms with Gasteiger partial charge in [0.1, 0.15) is 17.3 Å². The molecule has 0 amide bonds. The highest BCUT2D eigenvalue weighted by Crippen LogP contribution is 2.33. The number of para-hydroxylation sites is 2. The molecule has 0 saturated carbocycles. The summed E-state index contributed by atoms with van der Waals surface area (Å²) in [6.45, 7) is 0.209. The number of halogens is 2. The maximum Gasteiger partial charge on any atom is 0.282 e. The van der Waals surface area contributed by atoms with E-state index < -0.39 is 17.2 Å². The normalized spacial score (nSPS) is 11.5. The van der Waals surface area contributed by atoms with Gasteiger partial charge in [-0.15, -0.1) is 0 Å². The third kappa shape index (κ3) is 3.72. The fourth-order valence-corrected chi connectivity index (χ4v) is 4.89. The van der Waals surface area contributed by atoms with Crippen molar-refractivity contribution in [3.63, 3.8) is 0 Å². The van der Waals surface area contributed by atoms with Crippen molar-refractivity contribution in [3.05, 3.63) is 131 Å². The summed E-state index contributed by atoms with van der Waals surface area (Å²) < 4.78 is 36.7. The molecule has 0 N–H and O–H groups in total. The van der Waals surface area contributed by atoms with Gasteiger partial charge in [-0.05, 0) is 54.1 Å². The van der Waals surface area contributed by atoms with E-state index in [4.69, 9.17) is 0 Å². The van der Waals surface area contributed by atoms with Crippen LogP contribution in [0.5, 0.6) is 0 Å². The van der Waals surface area contributed by atoms with Gasteiger partial charge in [0.2, 0.25) is 0 Å². The van der Waals surface area contributed by atoms with Crippen molar-refractivity contribution in [3.8, 4) is 28.3 Å². The zero-order valence-corrected chi connectivity index (χ0v) is 20.3. The molecule has 2 aromatic heterocycles. The van der Waals surface area contributed by atoms with E-state index in [1.165, 1.54) is 4.68 Å². The Morgan fingerprint density at radius 3 is 2.15 bits per heavy atom. The summed E-state index contributed by atoms with van der Waals surface area (Å²) in [5.74, 6) is -1.27. The molecule has 39 heavy (non-hydrogen) atoms. The lowest BCUT2D eigenvalue weighted by molar-refractivity contribution is 0.607. The molecule has 2 aliphatic rings. The number of nitrogens with zero attached hydrogens (tertiary/aromatic N) is 7. The second kappa shape index (κ2) is 8.88. The van der Waals surface area contributed by atoms with Crippen LogP contribution in [0.2, 0.25) is 0 Å². The predicted octanol–water partition coefficient (Wildman–Crippen LogP) is 4.99. The molecule has 5 aromatic rings. The standard InChI is InChI=1S/C29H19F2N7O/c30-22-11-12-23(31)28-26(22)27-21(18-35(28)17-19-7-9-20(10-8-19)36-15-3-13-32-36)29(39)38(34-27)25-6-2-1-5-24(25)37-16-4-14-33-37/h1-16,18H,17H2. The third-order valence-electron chi connectivity index (χ3n) is 6.68. The number of aromatic nitrogens is 7. The van der Waals surface area contributed by atoms with Gasteiger partial charge in [-0.25, -0.2) is 18.1 Å². The minimum Gasteiger partial charge on any atom is -0.340 e. The molecule has 0 unspecified atom stereocenters. The van der Waals surface area contributed by atoms with Crippen molar-refractivity contribution in [1.82, 2.24) is 33.9 Å². The molecule has 190 valence electrons. The highest BCUT2D eigenvalue weighted by molar-refractivity contribution is 5.94. The van der Waals surface area contributed by atoms with E-state index in [-0.39, 0.29) is 28.7 Å². The lowest BCUT2D eigenvalue weighted by Crippen LogP contribution is -2.17. The van der Waals surface area contributed by atoms with E-state index >= 15 is 8.78 Å². The van der Waals surface area contributed by atoms with Crippen LogP contribution in [0.1, 0.15) is 5.56 Å². The first kappa shape index (κ1) is 22.8. The second-order valence-electron chi connectivity index (χ2n) is 9.05. The summed E-state index contributed by atoms with van der Waals surface area (Å²) in [6.07, 6.45) is 8.45. The lowest BCUT2D eigenvalue weighted by atomic mass is 10.1. The van der Waals surface area contributed by atoms with Crippen LogP contribution in [0.15, 0.2) is 109 Å². The highest BCUT2D eigenvalue weighted by Gasteiger charge is 2.26. The molecule has 4 heterocycles. The first-order chi connectivity index (χ1) is 19.1. The molecule has 7 rings (SSSR count). The molecule has 10 heteroatoms. The summed E-state index contributed by atoms with van der Waals surface area (Å²) in [5.41, 5.74) is 2.64. The van der Waals surface area contributed by atoms with E-state index in [2.05, 4.69) is 15.3 Å². The molecule has 0 bridgehead atoms. The highest BCUT2D eigenvalue weighted by atomic mass is 19.1. The van der Waals surface area contributed by atoms with Gasteiger partial charge in [-0.3, -0.25) is 4.79 Å². The molecule has 0 aliphatic carbocycles. The van der Waals surface area contributed by atoms with Gasteiger partial charge in [-0.1, -0.05) is 24.3 Å².